The Labute approximate surface area is 183 Å². The first-order chi connectivity index (χ1) is 14.7. The predicted molar refractivity (Wildman–Crippen MR) is 129 cm³/mol. The molecule has 0 N–H and O–H groups in total. The molecule has 0 spiro atoms. The van der Waals surface area contributed by atoms with Gasteiger partial charge in [0.05, 0.1) is 10.6 Å². The van der Waals surface area contributed by atoms with Crippen molar-refractivity contribution < 1.29 is 0 Å². The number of pyridine rings is 2. The molecule has 1 saturated heterocycles. The van der Waals surface area contributed by atoms with E-state index >= 15 is 0 Å². The van der Waals surface area contributed by atoms with Crippen molar-refractivity contribution in [3.63, 3.8) is 0 Å². The molecule has 5 heteroatoms. The lowest BCUT2D eigenvalue weighted by Gasteiger charge is -2.21. The molecule has 0 saturated carbocycles. The summed E-state index contributed by atoms with van der Waals surface area (Å²) in [6.07, 6.45) is 17.2. The summed E-state index contributed by atoms with van der Waals surface area (Å²) >= 11 is 1.71. The van der Waals surface area contributed by atoms with Gasteiger partial charge in [0.25, 0.3) is 0 Å². The highest BCUT2D eigenvalue weighted by Crippen LogP contribution is 2.32. The van der Waals surface area contributed by atoms with Gasteiger partial charge in [-0.25, -0.2) is 9.97 Å². The third-order valence-electron chi connectivity index (χ3n) is 5.39. The van der Waals surface area contributed by atoms with Gasteiger partial charge in [-0.3, -0.25) is 4.98 Å². The van der Waals surface area contributed by atoms with Crippen molar-refractivity contribution in [2.24, 2.45) is 0 Å². The van der Waals surface area contributed by atoms with E-state index < -0.39 is 0 Å². The summed E-state index contributed by atoms with van der Waals surface area (Å²) in [6, 6.07) is 8.34. The van der Waals surface area contributed by atoms with Gasteiger partial charge in [-0.05, 0) is 68.2 Å². The summed E-state index contributed by atoms with van der Waals surface area (Å²) in [5.74, 6) is 1.08. The maximum atomic E-state index is 4.94. The number of nitrogens with zero attached hydrogens (tertiary/aromatic N) is 4. The van der Waals surface area contributed by atoms with Crippen LogP contribution >= 0.6 is 11.3 Å². The lowest BCUT2D eigenvalue weighted by Crippen LogP contribution is -2.24. The monoisotopic (exact) mass is 416 g/mol. The minimum absolute atomic E-state index is 0.992. The van der Waals surface area contributed by atoms with E-state index in [-0.39, 0.29) is 0 Å². The van der Waals surface area contributed by atoms with Crippen LogP contribution in [-0.4, -0.2) is 28.0 Å². The van der Waals surface area contributed by atoms with E-state index in [1.165, 1.54) is 25.7 Å². The van der Waals surface area contributed by atoms with E-state index in [9.17, 15) is 0 Å². The molecule has 3 aromatic rings. The zero-order chi connectivity index (χ0) is 20.8. The average molecular weight is 417 g/mol. The molecule has 0 atom stereocenters. The van der Waals surface area contributed by atoms with Crippen molar-refractivity contribution >= 4 is 34.9 Å². The SMILES string of the molecule is C/C=C\c1sc(-c2ccc(N3CCCCCC3)nc2)nc1/C=C(\C)c1cccnc1. The Balaban J connectivity index is 1.61. The van der Waals surface area contributed by atoms with Crippen LogP contribution in [0.25, 0.3) is 28.3 Å². The lowest BCUT2D eigenvalue weighted by atomic mass is 10.1. The van der Waals surface area contributed by atoms with Gasteiger partial charge in [-0.2, -0.15) is 0 Å². The van der Waals surface area contributed by atoms with Crippen molar-refractivity contribution in [3.8, 4) is 10.6 Å². The van der Waals surface area contributed by atoms with Crippen LogP contribution < -0.4 is 4.90 Å². The molecule has 0 unspecified atom stereocenters. The van der Waals surface area contributed by atoms with Crippen LogP contribution in [0.1, 0.15) is 55.7 Å². The zero-order valence-corrected chi connectivity index (χ0v) is 18.5. The molecule has 4 heterocycles. The van der Waals surface area contributed by atoms with Crippen LogP contribution in [0.3, 0.4) is 0 Å². The summed E-state index contributed by atoms with van der Waals surface area (Å²) in [5, 5.41) is 1.00. The number of allylic oxidation sites excluding steroid dienone is 2. The van der Waals surface area contributed by atoms with Crippen LogP contribution in [-0.2, 0) is 0 Å². The third kappa shape index (κ3) is 4.85. The summed E-state index contributed by atoms with van der Waals surface area (Å²) in [7, 11) is 0. The summed E-state index contributed by atoms with van der Waals surface area (Å²) in [6.45, 7) is 6.36. The second-order valence-corrected chi connectivity index (χ2v) is 8.67. The van der Waals surface area contributed by atoms with E-state index in [0.717, 1.165) is 51.2 Å². The topological polar surface area (TPSA) is 41.9 Å². The molecule has 3 aromatic heterocycles. The van der Waals surface area contributed by atoms with Crippen molar-refractivity contribution in [2.75, 3.05) is 18.0 Å². The third-order valence-corrected chi connectivity index (χ3v) is 6.48. The van der Waals surface area contributed by atoms with Gasteiger partial charge in [0.2, 0.25) is 0 Å². The fourth-order valence-electron chi connectivity index (χ4n) is 3.73. The number of aromatic nitrogens is 3. The minimum atomic E-state index is 0.992. The van der Waals surface area contributed by atoms with Gasteiger partial charge in [0.15, 0.2) is 0 Å². The normalized spacial score (nSPS) is 15.5. The molecular weight excluding hydrogens is 388 g/mol. The van der Waals surface area contributed by atoms with E-state index in [0.29, 0.717) is 0 Å². The molecule has 0 amide bonds. The van der Waals surface area contributed by atoms with E-state index in [4.69, 9.17) is 9.97 Å². The van der Waals surface area contributed by atoms with Crippen LogP contribution in [0.15, 0.2) is 48.9 Å². The first-order valence-electron chi connectivity index (χ1n) is 10.7. The summed E-state index contributed by atoms with van der Waals surface area (Å²) in [4.78, 5) is 17.5. The average Bonchev–Trinajstić information content (AvgIpc) is 2.99. The van der Waals surface area contributed by atoms with Gasteiger partial charge >= 0.3 is 0 Å². The van der Waals surface area contributed by atoms with Crippen LogP contribution in [0.4, 0.5) is 5.82 Å². The largest absolute Gasteiger partial charge is 0.357 e. The van der Waals surface area contributed by atoms with Crippen molar-refractivity contribution in [2.45, 2.75) is 39.5 Å². The Bertz CT molecular complexity index is 1010. The molecule has 1 aliphatic heterocycles. The molecule has 0 aliphatic carbocycles. The highest BCUT2D eigenvalue weighted by molar-refractivity contribution is 7.16. The van der Waals surface area contributed by atoms with E-state index in [1.807, 2.05) is 25.4 Å². The summed E-state index contributed by atoms with van der Waals surface area (Å²) < 4.78 is 0. The molecule has 0 bridgehead atoms. The molecular formula is C25H28N4S. The number of hydrogen-bond donors (Lipinski definition) is 0. The second-order valence-electron chi connectivity index (χ2n) is 7.64. The smallest absolute Gasteiger partial charge is 0.128 e. The molecule has 154 valence electrons. The molecule has 1 fully saturated rings. The van der Waals surface area contributed by atoms with Crippen LogP contribution in [0, 0.1) is 0 Å². The molecule has 0 aromatic carbocycles. The van der Waals surface area contributed by atoms with Gasteiger partial charge in [-0.15, -0.1) is 11.3 Å². The predicted octanol–water partition coefficient (Wildman–Crippen LogP) is 6.57. The Kier molecular flexibility index (Phi) is 6.70. The van der Waals surface area contributed by atoms with Gasteiger partial charge in [0.1, 0.15) is 10.8 Å². The van der Waals surface area contributed by atoms with Crippen LogP contribution in [0.5, 0.6) is 0 Å². The quantitative estimate of drug-likeness (QED) is 0.471. The Morgan fingerprint density at radius 1 is 1.07 bits per heavy atom. The highest BCUT2D eigenvalue weighted by Gasteiger charge is 2.13. The fourth-order valence-corrected chi connectivity index (χ4v) is 4.73. The summed E-state index contributed by atoms with van der Waals surface area (Å²) in [5.41, 5.74) is 4.33. The van der Waals surface area contributed by atoms with Crippen molar-refractivity contribution in [3.05, 3.63) is 65.1 Å². The number of hydrogen-bond acceptors (Lipinski definition) is 5. The fraction of sp³-hybridized carbons (Fsp3) is 0.320. The Morgan fingerprint density at radius 3 is 2.57 bits per heavy atom. The standard InChI is InChI=1S/C25H28N4S/c1-3-9-23-22(16-19(2)20-10-8-13-26-17-20)28-25(30-23)21-11-12-24(27-18-21)29-14-6-4-5-7-15-29/h3,8-13,16-18H,4-7,14-15H2,1-2H3/b9-3-,19-16+. The first kappa shape index (κ1) is 20.5. The maximum Gasteiger partial charge on any atom is 0.128 e. The molecule has 30 heavy (non-hydrogen) atoms. The number of anilines is 1. The maximum absolute atomic E-state index is 4.94. The van der Waals surface area contributed by atoms with Gasteiger partial charge < -0.3 is 4.90 Å². The number of thiazole rings is 1. The minimum Gasteiger partial charge on any atom is -0.357 e. The van der Waals surface area contributed by atoms with E-state index in [2.05, 4.69) is 53.2 Å². The van der Waals surface area contributed by atoms with Crippen molar-refractivity contribution in [1.82, 2.24) is 15.0 Å². The highest BCUT2D eigenvalue weighted by atomic mass is 32.1. The molecule has 4 rings (SSSR count). The van der Waals surface area contributed by atoms with E-state index in [1.54, 1.807) is 17.5 Å². The Hall–Kier alpha value is -2.79. The zero-order valence-electron chi connectivity index (χ0n) is 17.7. The second kappa shape index (κ2) is 9.81. The van der Waals surface area contributed by atoms with Gasteiger partial charge in [-0.1, -0.05) is 25.0 Å². The first-order valence-corrected chi connectivity index (χ1v) is 11.5. The Morgan fingerprint density at radius 2 is 1.90 bits per heavy atom. The lowest BCUT2D eigenvalue weighted by molar-refractivity contribution is 0.726. The van der Waals surface area contributed by atoms with Crippen LogP contribution in [0.2, 0.25) is 0 Å². The molecule has 1 aliphatic rings. The molecule has 4 nitrogen and oxygen atoms in total. The van der Waals surface area contributed by atoms with Gasteiger partial charge in [0, 0.05) is 37.2 Å². The van der Waals surface area contributed by atoms with Crippen molar-refractivity contribution in [1.29, 1.82) is 0 Å². The number of rotatable bonds is 5. The molecule has 0 radical (unpaired) electrons.